The lowest BCUT2D eigenvalue weighted by Gasteiger charge is -2.21. The first-order chi connectivity index (χ1) is 7.68. The molecule has 0 amide bonds. The summed E-state index contributed by atoms with van der Waals surface area (Å²) in [6.45, 7) is 7.87. The number of hydrogen-bond acceptors (Lipinski definition) is 3. The Balaban J connectivity index is 0.00000256. The maximum absolute atomic E-state index is 10.6. The molecule has 0 bridgehead atoms. The molecule has 1 unspecified atom stereocenters. The molecule has 0 aromatic heterocycles. The lowest BCUT2D eigenvalue weighted by Crippen LogP contribution is -3.14. The molecule has 4 nitrogen and oxygen atoms in total. The first-order valence-corrected chi connectivity index (χ1v) is 5.72. The number of morpholine rings is 1. The van der Waals surface area contributed by atoms with E-state index in [1.165, 1.54) is 11.8 Å². The largest absolute Gasteiger partial charge is 1.00 e. The van der Waals surface area contributed by atoms with Gasteiger partial charge in [0, 0.05) is 13.3 Å². The van der Waals surface area contributed by atoms with Gasteiger partial charge in [0.2, 0.25) is 0 Å². The highest BCUT2D eigenvalue weighted by atomic mass is 35.5. The van der Waals surface area contributed by atoms with Crippen LogP contribution in [-0.2, 0) is 14.3 Å². The van der Waals surface area contributed by atoms with Crippen molar-refractivity contribution in [1.82, 2.24) is 0 Å². The van der Waals surface area contributed by atoms with Gasteiger partial charge in [-0.05, 0) is 12.8 Å². The average molecular weight is 262 g/mol. The zero-order valence-corrected chi connectivity index (χ0v) is 11.2. The van der Waals surface area contributed by atoms with Gasteiger partial charge in [-0.1, -0.05) is 5.92 Å². The Morgan fingerprint density at radius 3 is 2.65 bits per heavy atom. The summed E-state index contributed by atoms with van der Waals surface area (Å²) in [5, 5.41) is 0. The molecule has 0 spiro atoms. The monoisotopic (exact) mass is 261 g/mol. The van der Waals surface area contributed by atoms with Crippen LogP contribution in [0.25, 0.3) is 0 Å². The number of halogens is 1. The van der Waals surface area contributed by atoms with Gasteiger partial charge in [0.05, 0.1) is 13.2 Å². The first kappa shape index (κ1) is 16.2. The summed E-state index contributed by atoms with van der Waals surface area (Å²) in [7, 11) is 0. The van der Waals surface area contributed by atoms with Crippen LogP contribution in [0, 0.1) is 11.8 Å². The SMILES string of the molecule is CC(=O)OC(C)CC#CC[NH+]1CCOCC1.[Cl-]. The van der Waals surface area contributed by atoms with E-state index in [-0.39, 0.29) is 24.5 Å². The van der Waals surface area contributed by atoms with Gasteiger partial charge in [-0.25, -0.2) is 0 Å². The van der Waals surface area contributed by atoms with Crippen molar-refractivity contribution in [2.75, 3.05) is 32.8 Å². The number of nitrogens with one attached hydrogen (secondary N) is 1. The highest BCUT2D eigenvalue weighted by Crippen LogP contribution is 1.95. The van der Waals surface area contributed by atoms with Gasteiger partial charge >= 0.3 is 5.97 Å². The molecule has 1 aliphatic heterocycles. The number of rotatable bonds is 3. The molecule has 1 rings (SSSR count). The summed E-state index contributed by atoms with van der Waals surface area (Å²) in [5.74, 6) is 5.93. The lowest BCUT2D eigenvalue weighted by atomic mass is 10.3. The zero-order valence-electron chi connectivity index (χ0n) is 10.4. The topological polar surface area (TPSA) is 40.0 Å². The van der Waals surface area contributed by atoms with Crippen molar-refractivity contribution in [1.29, 1.82) is 0 Å². The molecular formula is C12H20ClNO3. The Morgan fingerprint density at radius 1 is 1.41 bits per heavy atom. The Bertz CT molecular complexity index is 279. The molecule has 0 aromatic rings. The smallest absolute Gasteiger partial charge is 0.302 e. The van der Waals surface area contributed by atoms with Crippen molar-refractivity contribution < 1.29 is 31.6 Å². The molecule has 0 aliphatic carbocycles. The van der Waals surface area contributed by atoms with Crippen LogP contribution in [0.4, 0.5) is 0 Å². The third-order valence-electron chi connectivity index (χ3n) is 2.42. The minimum atomic E-state index is -0.242. The fraction of sp³-hybridized carbons (Fsp3) is 0.750. The van der Waals surface area contributed by atoms with E-state index in [4.69, 9.17) is 9.47 Å². The third-order valence-corrected chi connectivity index (χ3v) is 2.42. The van der Waals surface area contributed by atoms with E-state index in [0.29, 0.717) is 6.42 Å². The third kappa shape index (κ3) is 8.03. The number of quaternary nitrogens is 1. The van der Waals surface area contributed by atoms with E-state index < -0.39 is 0 Å². The molecule has 1 fully saturated rings. The van der Waals surface area contributed by atoms with Crippen LogP contribution in [0.15, 0.2) is 0 Å². The van der Waals surface area contributed by atoms with Crippen LogP contribution >= 0.6 is 0 Å². The number of hydrogen-bond donors (Lipinski definition) is 1. The van der Waals surface area contributed by atoms with Gasteiger partial charge in [-0.2, -0.15) is 0 Å². The first-order valence-electron chi connectivity index (χ1n) is 5.72. The minimum Gasteiger partial charge on any atom is -1.00 e. The molecule has 17 heavy (non-hydrogen) atoms. The van der Waals surface area contributed by atoms with Crippen LogP contribution in [0.5, 0.6) is 0 Å². The fourth-order valence-electron chi connectivity index (χ4n) is 1.57. The molecule has 1 N–H and O–H groups in total. The Morgan fingerprint density at radius 2 is 2.06 bits per heavy atom. The predicted molar refractivity (Wildman–Crippen MR) is 60.0 cm³/mol. The van der Waals surface area contributed by atoms with Gasteiger partial charge in [0.15, 0.2) is 0 Å². The van der Waals surface area contributed by atoms with Crippen LogP contribution in [-0.4, -0.2) is 44.9 Å². The van der Waals surface area contributed by atoms with Gasteiger partial charge in [-0.15, -0.1) is 0 Å². The van der Waals surface area contributed by atoms with Crippen LogP contribution in [0.2, 0.25) is 0 Å². The highest BCUT2D eigenvalue weighted by Gasteiger charge is 2.11. The van der Waals surface area contributed by atoms with Crippen molar-refractivity contribution in [2.24, 2.45) is 0 Å². The summed E-state index contributed by atoms with van der Waals surface area (Å²) in [6.07, 6.45) is 0.508. The van der Waals surface area contributed by atoms with E-state index >= 15 is 0 Å². The van der Waals surface area contributed by atoms with Crippen molar-refractivity contribution >= 4 is 5.97 Å². The number of carbonyl (C=O) groups excluding carboxylic acids is 1. The number of ether oxygens (including phenoxy) is 2. The molecule has 5 heteroatoms. The van der Waals surface area contributed by atoms with E-state index in [2.05, 4.69) is 11.8 Å². The highest BCUT2D eigenvalue weighted by molar-refractivity contribution is 5.66. The summed E-state index contributed by atoms with van der Waals surface area (Å²) in [6, 6.07) is 0. The summed E-state index contributed by atoms with van der Waals surface area (Å²) in [5.41, 5.74) is 0. The van der Waals surface area contributed by atoms with E-state index in [1.54, 1.807) is 0 Å². The normalized spacial score (nSPS) is 17.3. The van der Waals surface area contributed by atoms with Crippen molar-refractivity contribution in [2.45, 2.75) is 26.4 Å². The average Bonchev–Trinajstić information content (AvgIpc) is 2.25. The second-order valence-corrected chi connectivity index (χ2v) is 4.02. The van der Waals surface area contributed by atoms with E-state index in [9.17, 15) is 4.79 Å². The molecule has 0 saturated carbocycles. The second kappa shape index (κ2) is 9.29. The molecule has 1 heterocycles. The van der Waals surface area contributed by atoms with Crippen LogP contribution < -0.4 is 17.3 Å². The molecular weight excluding hydrogens is 242 g/mol. The molecule has 1 atom stereocenters. The number of carbonyl (C=O) groups is 1. The summed E-state index contributed by atoms with van der Waals surface area (Å²) in [4.78, 5) is 12.1. The van der Waals surface area contributed by atoms with Crippen molar-refractivity contribution in [3.8, 4) is 11.8 Å². The van der Waals surface area contributed by atoms with Crippen LogP contribution in [0.3, 0.4) is 0 Å². The van der Waals surface area contributed by atoms with Crippen molar-refractivity contribution in [3.63, 3.8) is 0 Å². The van der Waals surface area contributed by atoms with Gasteiger partial charge in [-0.3, -0.25) is 4.79 Å². The number of esters is 1. The predicted octanol–water partition coefficient (Wildman–Crippen LogP) is -3.75. The van der Waals surface area contributed by atoms with Gasteiger partial charge in [0.1, 0.15) is 25.7 Å². The Labute approximate surface area is 109 Å². The molecule has 1 aliphatic rings. The van der Waals surface area contributed by atoms with Crippen LogP contribution in [0.1, 0.15) is 20.3 Å². The lowest BCUT2D eigenvalue weighted by molar-refractivity contribution is -0.900. The molecule has 98 valence electrons. The Hall–Kier alpha value is -0.760. The van der Waals surface area contributed by atoms with Gasteiger partial charge < -0.3 is 26.8 Å². The maximum Gasteiger partial charge on any atom is 0.302 e. The summed E-state index contributed by atoms with van der Waals surface area (Å²) < 4.78 is 10.2. The molecule has 1 saturated heterocycles. The zero-order chi connectivity index (χ0) is 11.8. The van der Waals surface area contributed by atoms with E-state index in [1.807, 2.05) is 6.92 Å². The molecule has 0 aromatic carbocycles. The summed E-state index contributed by atoms with van der Waals surface area (Å²) >= 11 is 0. The standard InChI is InChI=1S/C12H19NO3.ClH/c1-11(16-12(2)14)5-3-4-6-13-7-9-15-10-8-13;/h11H,5-10H2,1-2H3;1H. The maximum atomic E-state index is 10.6. The Kier molecular flexibility index (Phi) is 8.87. The second-order valence-electron chi connectivity index (χ2n) is 4.02. The quantitative estimate of drug-likeness (QED) is 0.419. The van der Waals surface area contributed by atoms with Crippen molar-refractivity contribution in [3.05, 3.63) is 0 Å². The fourth-order valence-corrected chi connectivity index (χ4v) is 1.57. The molecule has 0 radical (unpaired) electrons. The van der Waals surface area contributed by atoms with Gasteiger partial charge in [0.25, 0.3) is 0 Å². The minimum absolute atomic E-state index is 0. The van der Waals surface area contributed by atoms with E-state index in [0.717, 1.165) is 32.8 Å².